The van der Waals surface area contributed by atoms with E-state index in [2.05, 4.69) is 32.3 Å². The molecule has 0 saturated heterocycles. The number of hydrogen-bond donors (Lipinski definition) is 1. The van der Waals surface area contributed by atoms with E-state index in [1.807, 2.05) is 12.2 Å². The number of ketones is 1. The summed E-state index contributed by atoms with van der Waals surface area (Å²) in [6.45, 7) is 9.54. The molecule has 0 amide bonds. The first-order valence-electron chi connectivity index (χ1n) is 8.23. The molecule has 0 rings (SSSR count). The summed E-state index contributed by atoms with van der Waals surface area (Å²) in [6, 6.07) is 0. The molecule has 0 aromatic carbocycles. The van der Waals surface area contributed by atoms with Gasteiger partial charge < -0.3 is 5.11 Å². The maximum absolute atomic E-state index is 12.7. The maximum atomic E-state index is 12.7. The van der Waals surface area contributed by atoms with Crippen molar-refractivity contribution in [1.29, 1.82) is 0 Å². The van der Waals surface area contributed by atoms with Crippen molar-refractivity contribution in [2.45, 2.75) is 59.0 Å². The molecule has 23 heavy (non-hydrogen) atoms. The van der Waals surface area contributed by atoms with Crippen LogP contribution in [-0.4, -0.2) is 17.0 Å². The highest BCUT2D eigenvalue weighted by Crippen LogP contribution is 2.29. The lowest BCUT2D eigenvalue weighted by molar-refractivity contribution is -0.136. The molecule has 0 aliphatic rings. The first-order chi connectivity index (χ1) is 10.8. The lowest BCUT2D eigenvalue weighted by atomic mass is 9.75. The molecule has 0 saturated carbocycles. The lowest BCUT2D eigenvalue weighted by Gasteiger charge is -2.28. The Labute approximate surface area is 142 Å². The highest BCUT2D eigenvalue weighted by Gasteiger charge is 2.38. The van der Waals surface area contributed by atoms with Crippen LogP contribution in [0.15, 0.2) is 24.8 Å². The highest BCUT2D eigenvalue weighted by molar-refractivity contribution is 5.91. The summed E-state index contributed by atoms with van der Waals surface area (Å²) >= 11 is 0. The Bertz CT molecular complexity index is 487. The molecule has 0 aromatic heterocycles. The van der Waals surface area contributed by atoms with Gasteiger partial charge in [0.1, 0.15) is 6.10 Å². The van der Waals surface area contributed by atoms with E-state index in [4.69, 9.17) is 12.8 Å². The third-order valence-corrected chi connectivity index (χ3v) is 4.00. The molecule has 0 fully saturated rings. The van der Waals surface area contributed by atoms with Crippen molar-refractivity contribution in [2.75, 3.05) is 0 Å². The standard InChI is InChI=1S/C21H30O2/c1-7-10-11-16-21(6,9-3)20(23)19(22)18(13-8-2)15-12-14-17(4)5/h2-3,7,12,14,17-19,22H,1,10-11,13,15-16H2,4-6H3/b14-12+/t18-,19?,21?/m1/s1. The third-order valence-electron chi connectivity index (χ3n) is 4.00. The van der Waals surface area contributed by atoms with Gasteiger partial charge in [-0.05, 0) is 38.5 Å². The van der Waals surface area contributed by atoms with Crippen LogP contribution in [0, 0.1) is 41.9 Å². The molecule has 0 spiro atoms. The van der Waals surface area contributed by atoms with Crippen molar-refractivity contribution in [3.8, 4) is 24.7 Å². The van der Waals surface area contributed by atoms with Crippen molar-refractivity contribution in [3.05, 3.63) is 24.8 Å². The molecular weight excluding hydrogens is 284 g/mol. The van der Waals surface area contributed by atoms with Crippen LogP contribution in [0.1, 0.15) is 52.9 Å². The number of rotatable bonds is 11. The number of allylic oxidation sites excluding steroid dienone is 3. The van der Waals surface area contributed by atoms with Crippen LogP contribution in [0.25, 0.3) is 0 Å². The monoisotopic (exact) mass is 314 g/mol. The Hall–Kier alpha value is -1.77. The zero-order valence-electron chi connectivity index (χ0n) is 14.7. The fourth-order valence-corrected chi connectivity index (χ4v) is 2.41. The van der Waals surface area contributed by atoms with E-state index in [1.54, 1.807) is 13.0 Å². The van der Waals surface area contributed by atoms with E-state index >= 15 is 0 Å². The molecule has 0 heterocycles. The smallest absolute Gasteiger partial charge is 0.179 e. The number of carbonyl (C=O) groups is 1. The molecule has 2 nitrogen and oxygen atoms in total. The average Bonchev–Trinajstić information content (AvgIpc) is 2.52. The maximum Gasteiger partial charge on any atom is 0.179 e. The second kappa shape index (κ2) is 10.9. The number of terminal acetylenes is 2. The second-order valence-corrected chi connectivity index (χ2v) is 6.54. The molecule has 0 aromatic rings. The molecule has 2 heteroatoms. The minimum atomic E-state index is -1.13. The summed E-state index contributed by atoms with van der Waals surface area (Å²) in [5.41, 5.74) is -0.961. The predicted octanol–water partition coefficient (Wildman–Crippen LogP) is 4.15. The Morgan fingerprint density at radius 1 is 1.39 bits per heavy atom. The second-order valence-electron chi connectivity index (χ2n) is 6.54. The Balaban J connectivity index is 5.05. The summed E-state index contributed by atoms with van der Waals surface area (Å²) in [4.78, 5) is 12.7. The summed E-state index contributed by atoms with van der Waals surface area (Å²) in [6.07, 6.45) is 18.7. The quantitative estimate of drug-likeness (QED) is 0.353. The van der Waals surface area contributed by atoms with Crippen LogP contribution in [0.2, 0.25) is 0 Å². The van der Waals surface area contributed by atoms with Crippen LogP contribution in [0.3, 0.4) is 0 Å². The average molecular weight is 314 g/mol. The van der Waals surface area contributed by atoms with Gasteiger partial charge in [-0.15, -0.1) is 25.3 Å². The molecule has 0 radical (unpaired) electrons. The fraction of sp³-hybridized carbons (Fsp3) is 0.571. The van der Waals surface area contributed by atoms with Crippen molar-refractivity contribution < 1.29 is 9.90 Å². The van der Waals surface area contributed by atoms with E-state index in [9.17, 15) is 9.90 Å². The number of carbonyl (C=O) groups excluding carboxylic acids is 1. The number of aliphatic hydroxyl groups is 1. The molecule has 0 bridgehead atoms. The van der Waals surface area contributed by atoms with Crippen molar-refractivity contribution in [2.24, 2.45) is 17.3 Å². The van der Waals surface area contributed by atoms with E-state index < -0.39 is 11.5 Å². The zero-order chi connectivity index (χ0) is 17.9. The van der Waals surface area contributed by atoms with Gasteiger partial charge in [0.2, 0.25) is 0 Å². The molecule has 126 valence electrons. The topological polar surface area (TPSA) is 37.3 Å². The van der Waals surface area contributed by atoms with Crippen molar-refractivity contribution in [1.82, 2.24) is 0 Å². The van der Waals surface area contributed by atoms with Crippen LogP contribution >= 0.6 is 0 Å². The van der Waals surface area contributed by atoms with Gasteiger partial charge >= 0.3 is 0 Å². The van der Waals surface area contributed by atoms with Crippen LogP contribution < -0.4 is 0 Å². The molecular formula is C21H30O2. The van der Waals surface area contributed by atoms with E-state index in [-0.39, 0.29) is 11.7 Å². The summed E-state index contributed by atoms with van der Waals surface area (Å²) in [5, 5.41) is 10.5. The Morgan fingerprint density at radius 2 is 2.04 bits per heavy atom. The minimum Gasteiger partial charge on any atom is -0.385 e. The molecule has 3 atom stereocenters. The molecule has 2 unspecified atom stereocenters. The van der Waals surface area contributed by atoms with Crippen molar-refractivity contribution in [3.63, 3.8) is 0 Å². The van der Waals surface area contributed by atoms with Gasteiger partial charge in [0.05, 0.1) is 5.41 Å². The molecule has 0 aliphatic heterocycles. The van der Waals surface area contributed by atoms with Gasteiger partial charge in [0.25, 0.3) is 0 Å². The normalized spacial score (nSPS) is 16.3. The summed E-state index contributed by atoms with van der Waals surface area (Å²) in [7, 11) is 0. The van der Waals surface area contributed by atoms with Crippen LogP contribution in [-0.2, 0) is 4.79 Å². The predicted molar refractivity (Wildman–Crippen MR) is 97.5 cm³/mol. The summed E-state index contributed by atoms with van der Waals surface area (Å²) < 4.78 is 0. The summed E-state index contributed by atoms with van der Waals surface area (Å²) in [5.74, 6) is 4.95. The van der Waals surface area contributed by atoms with E-state index in [0.717, 1.165) is 12.8 Å². The molecule has 0 aliphatic carbocycles. The number of Topliss-reactive ketones (excluding diaryl/α,β-unsaturated/α-hetero) is 1. The van der Waals surface area contributed by atoms with Gasteiger partial charge in [-0.1, -0.05) is 38.0 Å². The van der Waals surface area contributed by atoms with Gasteiger partial charge in [-0.25, -0.2) is 0 Å². The molecule has 1 N–H and O–H groups in total. The van der Waals surface area contributed by atoms with Gasteiger partial charge in [-0.3, -0.25) is 4.79 Å². The van der Waals surface area contributed by atoms with E-state index in [0.29, 0.717) is 25.2 Å². The van der Waals surface area contributed by atoms with Gasteiger partial charge in [0.15, 0.2) is 5.78 Å². The largest absolute Gasteiger partial charge is 0.385 e. The van der Waals surface area contributed by atoms with Crippen LogP contribution in [0.5, 0.6) is 0 Å². The van der Waals surface area contributed by atoms with Gasteiger partial charge in [0, 0.05) is 12.3 Å². The minimum absolute atomic E-state index is 0.297. The fourth-order valence-electron chi connectivity index (χ4n) is 2.41. The Kier molecular flexibility index (Phi) is 10.0. The van der Waals surface area contributed by atoms with Gasteiger partial charge in [-0.2, -0.15) is 0 Å². The first-order valence-corrected chi connectivity index (χ1v) is 8.23. The van der Waals surface area contributed by atoms with Crippen LogP contribution in [0.4, 0.5) is 0 Å². The highest BCUT2D eigenvalue weighted by atomic mass is 16.3. The first kappa shape index (κ1) is 21.2. The number of unbranched alkanes of at least 4 members (excludes halogenated alkanes) is 1. The van der Waals surface area contributed by atoms with E-state index in [1.165, 1.54) is 0 Å². The zero-order valence-corrected chi connectivity index (χ0v) is 14.7. The van der Waals surface area contributed by atoms with Crippen molar-refractivity contribution >= 4 is 5.78 Å². The third kappa shape index (κ3) is 7.36. The Morgan fingerprint density at radius 3 is 2.52 bits per heavy atom. The number of aliphatic hydroxyl groups excluding tert-OH is 1. The number of hydrogen-bond acceptors (Lipinski definition) is 2. The SMILES string of the molecule is C#CC[C@H](C/C=C/C(C)C)C(O)C(=O)C(C)(C#C)CCCC=C. The lowest BCUT2D eigenvalue weighted by Crippen LogP contribution is -2.40.